The van der Waals surface area contributed by atoms with E-state index in [1.54, 1.807) is 0 Å². The van der Waals surface area contributed by atoms with Crippen LogP contribution in [0, 0.1) is 5.41 Å². The summed E-state index contributed by atoms with van der Waals surface area (Å²) in [6.45, 7) is 4.78. The third kappa shape index (κ3) is 2.47. The lowest BCUT2D eigenvalue weighted by atomic mass is 9.89. The van der Waals surface area contributed by atoms with E-state index in [9.17, 15) is 0 Å². The van der Waals surface area contributed by atoms with Gasteiger partial charge < -0.3 is 10.1 Å². The van der Waals surface area contributed by atoms with Crippen LogP contribution in [0.5, 0.6) is 0 Å². The molecular weight excluding hydrogens is 277 g/mol. The van der Waals surface area contributed by atoms with Gasteiger partial charge in [-0.1, -0.05) is 24.6 Å². The summed E-state index contributed by atoms with van der Waals surface area (Å²) in [7, 11) is 0. The van der Waals surface area contributed by atoms with Crippen LogP contribution < -0.4 is 5.32 Å². The van der Waals surface area contributed by atoms with Crippen LogP contribution in [-0.4, -0.2) is 19.8 Å². The average Bonchev–Trinajstić information content (AvgIpc) is 2.17. The third-order valence-electron chi connectivity index (χ3n) is 2.56. The highest BCUT2D eigenvalue weighted by Crippen LogP contribution is 2.32. The van der Waals surface area contributed by atoms with Crippen molar-refractivity contribution in [3.63, 3.8) is 0 Å². The minimum absolute atomic E-state index is 0.266. The molecule has 1 aliphatic heterocycles. The lowest BCUT2D eigenvalue weighted by Gasteiger charge is -2.38. The summed E-state index contributed by atoms with van der Waals surface area (Å²) < 4.78 is 6.13. The monoisotopic (exact) mass is 289 g/mol. The van der Waals surface area contributed by atoms with Crippen molar-refractivity contribution in [3.8, 4) is 0 Å². The fourth-order valence-electron chi connectivity index (χ4n) is 1.50. The smallest absolute Gasteiger partial charge is 0.0593 e. The van der Waals surface area contributed by atoms with Crippen LogP contribution in [0.3, 0.4) is 0 Å². The van der Waals surface area contributed by atoms with Gasteiger partial charge in [-0.2, -0.15) is 0 Å². The molecule has 4 heteroatoms. The molecule has 1 fully saturated rings. The predicted octanol–water partition coefficient (Wildman–Crippen LogP) is 3.55. The van der Waals surface area contributed by atoms with Gasteiger partial charge >= 0.3 is 0 Å². The van der Waals surface area contributed by atoms with Crippen molar-refractivity contribution in [1.82, 2.24) is 0 Å². The lowest BCUT2D eigenvalue weighted by Crippen LogP contribution is -2.45. The van der Waals surface area contributed by atoms with Crippen LogP contribution >= 0.6 is 27.5 Å². The number of halogens is 2. The Morgan fingerprint density at radius 1 is 1.53 bits per heavy atom. The molecule has 15 heavy (non-hydrogen) atoms. The number of nitrogens with one attached hydrogen (secondary N) is 1. The molecule has 0 aromatic heterocycles. The van der Waals surface area contributed by atoms with Crippen LogP contribution in [-0.2, 0) is 4.74 Å². The molecule has 2 rings (SSSR count). The van der Waals surface area contributed by atoms with Crippen LogP contribution in [0.2, 0.25) is 5.02 Å². The van der Waals surface area contributed by atoms with Crippen molar-refractivity contribution < 1.29 is 4.74 Å². The largest absolute Gasteiger partial charge is 0.383 e. The Kier molecular flexibility index (Phi) is 3.24. The number of hydrogen-bond acceptors (Lipinski definition) is 2. The summed E-state index contributed by atoms with van der Waals surface area (Å²) in [6, 6.07) is 5.82. The molecule has 1 aromatic carbocycles. The van der Waals surface area contributed by atoms with Gasteiger partial charge in [-0.15, -0.1) is 0 Å². The summed E-state index contributed by atoms with van der Waals surface area (Å²) in [5.74, 6) is 0. The van der Waals surface area contributed by atoms with Gasteiger partial charge in [0.1, 0.15) is 0 Å². The first-order valence-corrected chi connectivity index (χ1v) is 6.03. The van der Waals surface area contributed by atoms with Crippen molar-refractivity contribution in [1.29, 1.82) is 0 Å². The second-order valence-corrected chi connectivity index (χ2v) is 5.46. The summed E-state index contributed by atoms with van der Waals surface area (Å²) in [4.78, 5) is 0. The average molecular weight is 291 g/mol. The maximum atomic E-state index is 6.00. The van der Waals surface area contributed by atoms with Crippen LogP contribution in [0.4, 0.5) is 5.69 Å². The van der Waals surface area contributed by atoms with Crippen molar-refractivity contribution >= 4 is 33.2 Å². The SMILES string of the molecule is CC1(CNc2cccc(Cl)c2Br)COC1. The Labute approximate surface area is 103 Å². The Hall–Kier alpha value is -0.250. The van der Waals surface area contributed by atoms with Crippen LogP contribution in [0.1, 0.15) is 6.92 Å². The molecule has 0 bridgehead atoms. The lowest BCUT2D eigenvalue weighted by molar-refractivity contribution is -0.0924. The number of hydrogen-bond donors (Lipinski definition) is 1. The first-order chi connectivity index (χ1) is 7.11. The fourth-order valence-corrected chi connectivity index (χ4v) is 2.08. The van der Waals surface area contributed by atoms with E-state index in [0.717, 1.165) is 34.9 Å². The predicted molar refractivity (Wildman–Crippen MR) is 66.6 cm³/mol. The van der Waals surface area contributed by atoms with Crippen molar-refractivity contribution in [2.45, 2.75) is 6.92 Å². The Bertz CT molecular complexity index is 366. The summed E-state index contributed by atoms with van der Waals surface area (Å²) >= 11 is 9.46. The van der Waals surface area contributed by atoms with E-state index in [1.165, 1.54) is 0 Å². The second-order valence-electron chi connectivity index (χ2n) is 4.26. The maximum absolute atomic E-state index is 6.00. The maximum Gasteiger partial charge on any atom is 0.0593 e. The van der Waals surface area contributed by atoms with Gasteiger partial charge in [0.25, 0.3) is 0 Å². The molecule has 0 atom stereocenters. The number of rotatable bonds is 3. The van der Waals surface area contributed by atoms with Gasteiger partial charge in [-0.05, 0) is 28.1 Å². The normalized spacial score (nSPS) is 18.3. The highest BCUT2D eigenvalue weighted by atomic mass is 79.9. The molecule has 1 heterocycles. The van der Waals surface area contributed by atoms with Gasteiger partial charge in [0.05, 0.1) is 22.7 Å². The summed E-state index contributed by atoms with van der Waals surface area (Å²) in [5, 5.41) is 4.12. The molecule has 0 unspecified atom stereocenters. The molecule has 0 aliphatic carbocycles. The number of ether oxygens (including phenoxy) is 1. The van der Waals surface area contributed by atoms with Gasteiger partial charge in [0.15, 0.2) is 0 Å². The summed E-state index contributed by atoms with van der Waals surface area (Å²) in [6.07, 6.45) is 0. The first-order valence-electron chi connectivity index (χ1n) is 4.86. The van der Waals surface area contributed by atoms with Gasteiger partial charge in [-0.3, -0.25) is 0 Å². The van der Waals surface area contributed by atoms with E-state index in [-0.39, 0.29) is 5.41 Å². The molecule has 0 spiro atoms. The van der Waals surface area contributed by atoms with E-state index in [4.69, 9.17) is 16.3 Å². The molecule has 2 nitrogen and oxygen atoms in total. The van der Waals surface area contributed by atoms with Crippen molar-refractivity contribution in [2.24, 2.45) is 5.41 Å². The molecule has 0 saturated carbocycles. The second kappa shape index (κ2) is 4.32. The topological polar surface area (TPSA) is 21.3 Å². The van der Waals surface area contributed by atoms with Crippen LogP contribution in [0.25, 0.3) is 0 Å². The number of benzene rings is 1. The molecule has 1 aromatic rings. The molecule has 0 radical (unpaired) electrons. The molecule has 0 amide bonds. The Morgan fingerprint density at radius 3 is 2.87 bits per heavy atom. The highest BCUT2D eigenvalue weighted by molar-refractivity contribution is 9.10. The van der Waals surface area contributed by atoms with E-state index in [2.05, 4.69) is 28.2 Å². The molecule has 1 saturated heterocycles. The minimum atomic E-state index is 0.266. The highest BCUT2D eigenvalue weighted by Gasteiger charge is 2.33. The molecule has 82 valence electrons. The standard InChI is InChI=1S/C11H13BrClNO/c1-11(6-15-7-11)5-14-9-4-2-3-8(13)10(9)12/h2-4,14H,5-7H2,1H3. The molecular formula is C11H13BrClNO. The zero-order chi connectivity index (χ0) is 10.9. The fraction of sp³-hybridized carbons (Fsp3) is 0.455. The van der Waals surface area contributed by atoms with Crippen molar-refractivity contribution in [2.75, 3.05) is 25.1 Å². The van der Waals surface area contributed by atoms with Gasteiger partial charge in [0.2, 0.25) is 0 Å². The third-order valence-corrected chi connectivity index (χ3v) is 3.96. The zero-order valence-corrected chi connectivity index (χ0v) is 10.9. The zero-order valence-electron chi connectivity index (χ0n) is 8.52. The van der Waals surface area contributed by atoms with Gasteiger partial charge in [0, 0.05) is 17.6 Å². The Morgan fingerprint density at radius 2 is 2.27 bits per heavy atom. The first kappa shape index (κ1) is 11.2. The minimum Gasteiger partial charge on any atom is -0.383 e. The van der Waals surface area contributed by atoms with Crippen molar-refractivity contribution in [3.05, 3.63) is 27.7 Å². The quantitative estimate of drug-likeness (QED) is 0.919. The molecule has 1 N–H and O–H groups in total. The number of anilines is 1. The van der Waals surface area contributed by atoms with E-state index < -0.39 is 0 Å². The van der Waals surface area contributed by atoms with Gasteiger partial charge in [-0.25, -0.2) is 0 Å². The van der Waals surface area contributed by atoms with E-state index in [0.29, 0.717) is 0 Å². The Balaban J connectivity index is 2.01. The van der Waals surface area contributed by atoms with E-state index in [1.807, 2.05) is 18.2 Å². The van der Waals surface area contributed by atoms with E-state index >= 15 is 0 Å². The molecule has 1 aliphatic rings. The van der Waals surface area contributed by atoms with Crippen LogP contribution in [0.15, 0.2) is 22.7 Å². The summed E-state index contributed by atoms with van der Waals surface area (Å²) in [5.41, 5.74) is 1.30.